The third kappa shape index (κ3) is 3.42. The van der Waals surface area contributed by atoms with Gasteiger partial charge in [0, 0.05) is 11.6 Å². The number of hydrogen-bond acceptors (Lipinski definition) is 3. The Bertz CT molecular complexity index is 705. The molecule has 0 saturated heterocycles. The van der Waals surface area contributed by atoms with Crippen LogP contribution >= 0.6 is 0 Å². The number of para-hydroxylation sites is 1. The summed E-state index contributed by atoms with van der Waals surface area (Å²) >= 11 is 0. The molecule has 1 aromatic heterocycles. The molecule has 5 nitrogen and oxygen atoms in total. The number of nitrogens with one attached hydrogen (secondary N) is 1. The summed E-state index contributed by atoms with van der Waals surface area (Å²) in [7, 11) is 0. The molecule has 2 aromatic rings. The molecule has 3 rings (SSSR count). The molecule has 22 heavy (non-hydrogen) atoms. The summed E-state index contributed by atoms with van der Waals surface area (Å²) in [5, 5.41) is 12.8. The van der Waals surface area contributed by atoms with E-state index in [2.05, 4.69) is 10.3 Å². The summed E-state index contributed by atoms with van der Waals surface area (Å²) in [4.78, 5) is 27.7. The molecule has 2 N–H and O–H groups in total. The highest BCUT2D eigenvalue weighted by Crippen LogP contribution is 2.33. The molecule has 1 fully saturated rings. The minimum atomic E-state index is -0.962. The number of carboxylic acids is 1. The van der Waals surface area contributed by atoms with Gasteiger partial charge in [-0.1, -0.05) is 37.1 Å². The van der Waals surface area contributed by atoms with Gasteiger partial charge >= 0.3 is 5.97 Å². The third-order valence-corrected chi connectivity index (χ3v) is 3.97. The topological polar surface area (TPSA) is 79.3 Å². The highest BCUT2D eigenvalue weighted by molar-refractivity contribution is 5.89. The molecule has 1 aliphatic rings. The molecule has 1 aliphatic carbocycles. The van der Waals surface area contributed by atoms with Crippen LogP contribution in [0.15, 0.2) is 36.5 Å². The molecule has 0 aliphatic heterocycles. The van der Waals surface area contributed by atoms with Gasteiger partial charge in [-0.25, -0.2) is 4.79 Å². The van der Waals surface area contributed by atoms with Gasteiger partial charge in [0.05, 0.1) is 11.9 Å². The summed E-state index contributed by atoms with van der Waals surface area (Å²) in [5.41, 5.74) is 1.60. The molecule has 0 bridgehead atoms. The van der Waals surface area contributed by atoms with E-state index in [4.69, 9.17) is 0 Å². The van der Waals surface area contributed by atoms with Gasteiger partial charge in [0.15, 0.2) is 0 Å². The van der Waals surface area contributed by atoms with E-state index in [9.17, 15) is 14.7 Å². The van der Waals surface area contributed by atoms with Crippen LogP contribution < -0.4 is 5.32 Å². The first-order valence-corrected chi connectivity index (χ1v) is 7.48. The fraction of sp³-hybridized carbons (Fsp3) is 0.353. The van der Waals surface area contributed by atoms with Crippen molar-refractivity contribution in [3.63, 3.8) is 0 Å². The summed E-state index contributed by atoms with van der Waals surface area (Å²) in [6, 6.07) is 8.68. The lowest BCUT2D eigenvalue weighted by Crippen LogP contribution is -2.41. The number of pyridine rings is 1. The van der Waals surface area contributed by atoms with Crippen LogP contribution in [0.1, 0.15) is 24.8 Å². The Hall–Kier alpha value is -2.43. The maximum atomic E-state index is 12.2. The van der Waals surface area contributed by atoms with E-state index in [1.807, 2.05) is 30.3 Å². The summed E-state index contributed by atoms with van der Waals surface area (Å²) < 4.78 is 0. The van der Waals surface area contributed by atoms with Crippen LogP contribution in [0, 0.1) is 5.92 Å². The molecule has 1 atom stereocenters. The van der Waals surface area contributed by atoms with Gasteiger partial charge < -0.3 is 10.4 Å². The van der Waals surface area contributed by atoms with E-state index in [1.54, 1.807) is 6.20 Å². The van der Waals surface area contributed by atoms with E-state index >= 15 is 0 Å². The second-order valence-corrected chi connectivity index (χ2v) is 5.81. The molecule has 5 heteroatoms. The van der Waals surface area contributed by atoms with Gasteiger partial charge in [-0.15, -0.1) is 0 Å². The molecule has 114 valence electrons. The molecule has 1 aromatic carbocycles. The van der Waals surface area contributed by atoms with Crippen molar-refractivity contribution in [2.75, 3.05) is 0 Å². The monoisotopic (exact) mass is 298 g/mol. The third-order valence-electron chi connectivity index (χ3n) is 3.97. The van der Waals surface area contributed by atoms with E-state index < -0.39 is 12.0 Å². The Morgan fingerprint density at radius 2 is 2.05 bits per heavy atom. The fourth-order valence-corrected chi connectivity index (χ4v) is 2.64. The van der Waals surface area contributed by atoms with Gasteiger partial charge in [-0.3, -0.25) is 9.78 Å². The van der Waals surface area contributed by atoms with Crippen molar-refractivity contribution in [2.24, 2.45) is 5.92 Å². The average Bonchev–Trinajstić information content (AvgIpc) is 3.31. The van der Waals surface area contributed by atoms with Crippen molar-refractivity contribution >= 4 is 22.8 Å². The lowest BCUT2D eigenvalue weighted by atomic mass is 10.1. The number of carbonyl (C=O) groups excluding carboxylic acids is 1. The Kier molecular flexibility index (Phi) is 4.04. The number of hydrogen-bond donors (Lipinski definition) is 2. The van der Waals surface area contributed by atoms with Crippen LogP contribution in [0.3, 0.4) is 0 Å². The van der Waals surface area contributed by atoms with Gasteiger partial charge in [0.1, 0.15) is 6.04 Å². The van der Waals surface area contributed by atoms with Crippen LogP contribution in [0.2, 0.25) is 0 Å². The zero-order valence-corrected chi connectivity index (χ0v) is 12.2. The summed E-state index contributed by atoms with van der Waals surface area (Å²) in [6.07, 6.45) is 4.48. The molecule has 1 saturated carbocycles. The number of nitrogens with zero attached hydrogens (tertiary/aromatic N) is 1. The molecule has 1 unspecified atom stereocenters. The molecule has 0 radical (unpaired) electrons. The minimum Gasteiger partial charge on any atom is -0.480 e. The Morgan fingerprint density at radius 3 is 2.77 bits per heavy atom. The highest BCUT2D eigenvalue weighted by atomic mass is 16.4. The molecule has 0 spiro atoms. The van der Waals surface area contributed by atoms with Gasteiger partial charge in [0.25, 0.3) is 0 Å². The number of benzene rings is 1. The maximum Gasteiger partial charge on any atom is 0.326 e. The SMILES string of the molecule is O=C(Cc1cccc2cccnc12)NC(CC1CC1)C(=O)O. The van der Waals surface area contributed by atoms with E-state index in [-0.39, 0.29) is 12.3 Å². The average molecular weight is 298 g/mol. The normalized spacial score (nSPS) is 15.5. The van der Waals surface area contributed by atoms with Crippen molar-refractivity contribution in [1.29, 1.82) is 0 Å². The van der Waals surface area contributed by atoms with Crippen LogP contribution in [-0.2, 0) is 16.0 Å². The van der Waals surface area contributed by atoms with Crippen LogP contribution in [0.25, 0.3) is 10.9 Å². The lowest BCUT2D eigenvalue weighted by Gasteiger charge is -2.14. The lowest BCUT2D eigenvalue weighted by molar-refractivity contribution is -0.142. The number of aliphatic carboxylic acids is 1. The zero-order chi connectivity index (χ0) is 15.5. The quantitative estimate of drug-likeness (QED) is 0.856. The van der Waals surface area contributed by atoms with Gasteiger partial charge in [-0.2, -0.15) is 0 Å². The van der Waals surface area contributed by atoms with E-state index in [0.717, 1.165) is 29.3 Å². The van der Waals surface area contributed by atoms with Crippen molar-refractivity contribution in [3.8, 4) is 0 Å². The second-order valence-electron chi connectivity index (χ2n) is 5.81. The Labute approximate surface area is 128 Å². The number of aromatic nitrogens is 1. The fourth-order valence-electron chi connectivity index (χ4n) is 2.64. The van der Waals surface area contributed by atoms with Crippen molar-refractivity contribution < 1.29 is 14.7 Å². The maximum absolute atomic E-state index is 12.2. The zero-order valence-electron chi connectivity index (χ0n) is 12.2. The van der Waals surface area contributed by atoms with Crippen molar-refractivity contribution in [1.82, 2.24) is 10.3 Å². The first-order valence-electron chi connectivity index (χ1n) is 7.48. The number of carboxylic acid groups (broad SMARTS) is 1. The second kappa shape index (κ2) is 6.13. The van der Waals surface area contributed by atoms with Gasteiger partial charge in [-0.05, 0) is 24.0 Å². The van der Waals surface area contributed by atoms with Crippen LogP contribution in [0.4, 0.5) is 0 Å². The van der Waals surface area contributed by atoms with Gasteiger partial charge in [0.2, 0.25) is 5.91 Å². The first kappa shape index (κ1) is 14.5. The molecule has 1 heterocycles. The predicted molar refractivity (Wildman–Crippen MR) is 82.4 cm³/mol. The molecule has 1 amide bonds. The van der Waals surface area contributed by atoms with Crippen molar-refractivity contribution in [2.45, 2.75) is 31.7 Å². The summed E-state index contributed by atoms with van der Waals surface area (Å²) in [6.45, 7) is 0. The van der Waals surface area contributed by atoms with E-state index in [0.29, 0.717) is 12.3 Å². The van der Waals surface area contributed by atoms with Crippen LogP contribution in [-0.4, -0.2) is 28.0 Å². The van der Waals surface area contributed by atoms with E-state index in [1.165, 1.54) is 0 Å². The number of carbonyl (C=O) groups is 2. The summed E-state index contributed by atoms with van der Waals surface area (Å²) in [5.74, 6) is -0.789. The van der Waals surface area contributed by atoms with Crippen molar-refractivity contribution in [3.05, 3.63) is 42.1 Å². The molecular weight excluding hydrogens is 280 g/mol. The number of rotatable bonds is 6. The standard InChI is InChI=1S/C17H18N2O3/c20-15(19-14(17(21)22)9-11-6-7-11)10-13-4-1-3-12-5-2-8-18-16(12)13/h1-5,8,11,14H,6-7,9-10H2,(H,19,20)(H,21,22). The first-order chi connectivity index (χ1) is 10.6. The highest BCUT2D eigenvalue weighted by Gasteiger charge is 2.30. The number of fused-ring (bicyclic) bond motifs is 1. The molecular formula is C17H18N2O3. The smallest absolute Gasteiger partial charge is 0.326 e. The van der Waals surface area contributed by atoms with Crippen LogP contribution in [0.5, 0.6) is 0 Å². The predicted octanol–water partition coefficient (Wildman–Crippen LogP) is 2.15. The number of amides is 1. The Balaban J connectivity index is 1.70. The Morgan fingerprint density at radius 1 is 1.27 bits per heavy atom. The minimum absolute atomic E-state index is 0.142. The largest absolute Gasteiger partial charge is 0.480 e.